The Morgan fingerprint density at radius 2 is 1.92 bits per heavy atom. The molecule has 4 aromatic rings. The van der Waals surface area contributed by atoms with Gasteiger partial charge in [0.25, 0.3) is 0 Å². The highest BCUT2D eigenvalue weighted by molar-refractivity contribution is 5.96. The lowest BCUT2D eigenvalue weighted by molar-refractivity contribution is 0.240. The first-order valence-electron chi connectivity index (χ1n) is 12.9. The Morgan fingerprint density at radius 3 is 2.57 bits per heavy atom. The first-order chi connectivity index (χ1) is 18.2. The second-order valence-corrected chi connectivity index (χ2v) is 9.78. The molecule has 2 amide bonds. The van der Waals surface area contributed by atoms with Gasteiger partial charge in [0.2, 0.25) is 0 Å². The van der Waals surface area contributed by atoms with Crippen molar-refractivity contribution < 1.29 is 9.53 Å². The van der Waals surface area contributed by atoms with Gasteiger partial charge >= 0.3 is 6.03 Å². The van der Waals surface area contributed by atoms with Crippen LogP contribution in [0.1, 0.15) is 50.1 Å². The number of hydrogen-bond acceptors (Lipinski definition) is 5. The molecular weight excluding hydrogens is 466 g/mol. The summed E-state index contributed by atoms with van der Waals surface area (Å²) in [4.78, 5) is 16.2. The van der Waals surface area contributed by atoms with Crippen LogP contribution in [0.5, 0.6) is 5.75 Å². The summed E-state index contributed by atoms with van der Waals surface area (Å²) >= 11 is 0. The van der Waals surface area contributed by atoms with Crippen LogP contribution in [0.25, 0.3) is 22.2 Å². The van der Waals surface area contributed by atoms with Crippen LogP contribution in [0.2, 0.25) is 0 Å². The molecule has 0 saturated heterocycles. The predicted molar refractivity (Wildman–Crippen MR) is 140 cm³/mol. The van der Waals surface area contributed by atoms with Crippen molar-refractivity contribution in [2.75, 3.05) is 11.9 Å². The molecule has 2 aromatic heterocycles. The lowest BCUT2D eigenvalue weighted by Crippen LogP contribution is -2.41. The molecule has 2 heterocycles. The maximum absolute atomic E-state index is 12.3. The van der Waals surface area contributed by atoms with Crippen LogP contribution < -0.4 is 15.4 Å². The number of aromatic nitrogens is 4. The Labute approximate surface area is 215 Å². The molecule has 2 saturated carbocycles. The van der Waals surface area contributed by atoms with Crippen LogP contribution in [-0.2, 0) is 6.54 Å². The fourth-order valence-electron chi connectivity index (χ4n) is 5.03. The van der Waals surface area contributed by atoms with E-state index in [4.69, 9.17) is 4.74 Å². The molecule has 37 heavy (non-hydrogen) atoms. The van der Waals surface area contributed by atoms with E-state index in [1.54, 1.807) is 11.0 Å². The largest absolute Gasteiger partial charge is 0.492 e. The number of nitrogens with one attached hydrogen (secondary N) is 2. The number of rotatable bonds is 8. The topological polar surface area (TPSA) is 110 Å². The smallest absolute Gasteiger partial charge is 0.319 e. The molecule has 2 aromatic carbocycles. The van der Waals surface area contributed by atoms with Gasteiger partial charge in [-0.2, -0.15) is 10.4 Å². The van der Waals surface area contributed by atoms with E-state index in [0.29, 0.717) is 24.8 Å². The number of benzene rings is 2. The minimum Gasteiger partial charge on any atom is -0.492 e. The van der Waals surface area contributed by atoms with Crippen LogP contribution in [-0.4, -0.2) is 38.0 Å². The van der Waals surface area contributed by atoms with Crippen molar-refractivity contribution in [2.24, 2.45) is 0 Å². The molecule has 2 fully saturated rings. The Hall–Kier alpha value is -4.32. The van der Waals surface area contributed by atoms with Crippen molar-refractivity contribution in [2.45, 2.75) is 57.2 Å². The van der Waals surface area contributed by atoms with Gasteiger partial charge < -0.3 is 19.9 Å². The second kappa shape index (κ2) is 9.97. The minimum atomic E-state index is -0.171. The van der Waals surface area contributed by atoms with E-state index in [2.05, 4.69) is 37.4 Å². The van der Waals surface area contributed by atoms with Crippen LogP contribution >= 0.6 is 0 Å². The van der Waals surface area contributed by atoms with Crippen molar-refractivity contribution in [1.82, 2.24) is 24.6 Å². The van der Waals surface area contributed by atoms with Gasteiger partial charge in [0.15, 0.2) is 0 Å². The standard InChI is InChI=1S/C28H29N7O2/c29-16-25-24-15-23(37-14-13-34-18-30-17-31-34)11-12-26(24)35(22-5-2-6-22)27(25)19-7-9-21(10-8-19)33-28(36)32-20-3-1-4-20/h7-12,15,17-18,20,22H,1-6,13-14H2,(H2,32,33,36). The molecule has 188 valence electrons. The first kappa shape index (κ1) is 23.1. The summed E-state index contributed by atoms with van der Waals surface area (Å²) in [6.45, 7) is 1.05. The fourth-order valence-corrected chi connectivity index (χ4v) is 5.03. The summed E-state index contributed by atoms with van der Waals surface area (Å²) in [7, 11) is 0. The fraction of sp³-hybridized carbons (Fsp3) is 0.357. The number of hydrogen-bond donors (Lipinski definition) is 2. The van der Waals surface area contributed by atoms with Crippen LogP contribution in [0.4, 0.5) is 10.5 Å². The van der Waals surface area contributed by atoms with E-state index in [9.17, 15) is 10.1 Å². The van der Waals surface area contributed by atoms with Gasteiger partial charge in [0, 0.05) is 23.2 Å². The number of ether oxygens (including phenoxy) is 1. The first-order valence-corrected chi connectivity index (χ1v) is 12.9. The van der Waals surface area contributed by atoms with E-state index in [1.807, 2.05) is 36.4 Å². The van der Waals surface area contributed by atoms with E-state index in [0.717, 1.165) is 59.3 Å². The van der Waals surface area contributed by atoms with Crippen LogP contribution in [0.15, 0.2) is 55.1 Å². The number of carbonyl (C=O) groups is 1. The summed E-state index contributed by atoms with van der Waals surface area (Å²) < 4.78 is 10.0. The van der Waals surface area contributed by atoms with Gasteiger partial charge in [-0.25, -0.2) is 14.5 Å². The molecule has 0 aliphatic heterocycles. The molecule has 0 atom stereocenters. The zero-order valence-electron chi connectivity index (χ0n) is 20.6. The monoisotopic (exact) mass is 495 g/mol. The molecule has 0 spiro atoms. The highest BCUT2D eigenvalue weighted by Crippen LogP contribution is 2.43. The van der Waals surface area contributed by atoms with Crippen molar-refractivity contribution >= 4 is 22.6 Å². The molecule has 2 aliphatic rings. The lowest BCUT2D eigenvalue weighted by atomic mass is 9.92. The van der Waals surface area contributed by atoms with E-state index in [-0.39, 0.29) is 12.1 Å². The van der Waals surface area contributed by atoms with Gasteiger partial charge in [-0.3, -0.25) is 0 Å². The molecular formula is C28H29N7O2. The Bertz CT molecular complexity index is 1440. The summed E-state index contributed by atoms with van der Waals surface area (Å²) in [6.07, 6.45) is 9.81. The van der Waals surface area contributed by atoms with Crippen molar-refractivity contribution in [1.29, 1.82) is 5.26 Å². The summed E-state index contributed by atoms with van der Waals surface area (Å²) in [5, 5.41) is 21.2. The number of nitrogens with zero attached hydrogens (tertiary/aromatic N) is 5. The summed E-state index contributed by atoms with van der Waals surface area (Å²) in [5.41, 5.74) is 4.30. The van der Waals surface area contributed by atoms with E-state index < -0.39 is 0 Å². The Balaban J connectivity index is 1.28. The zero-order chi connectivity index (χ0) is 25.2. The number of carbonyl (C=O) groups excluding carboxylic acids is 1. The molecule has 2 N–H and O–H groups in total. The molecule has 0 unspecified atom stereocenters. The maximum atomic E-state index is 12.3. The Kier molecular flexibility index (Phi) is 6.23. The minimum absolute atomic E-state index is 0.171. The number of amides is 2. The third-order valence-electron chi connectivity index (χ3n) is 7.44. The second-order valence-electron chi connectivity index (χ2n) is 9.78. The SMILES string of the molecule is N#Cc1c(-c2ccc(NC(=O)NC3CCC3)cc2)n(C2CCC2)c2ccc(OCCn3cncn3)cc12. The van der Waals surface area contributed by atoms with Crippen molar-refractivity contribution in [3.8, 4) is 23.1 Å². The molecule has 6 rings (SSSR count). The van der Waals surface area contributed by atoms with Gasteiger partial charge in [0.1, 0.15) is 31.1 Å². The zero-order valence-corrected chi connectivity index (χ0v) is 20.6. The molecule has 0 bridgehead atoms. The normalized spacial score (nSPS) is 15.5. The number of urea groups is 1. The highest BCUT2D eigenvalue weighted by atomic mass is 16.5. The third kappa shape index (κ3) is 4.62. The number of fused-ring (bicyclic) bond motifs is 1. The quantitative estimate of drug-likeness (QED) is 0.347. The van der Waals surface area contributed by atoms with Crippen molar-refractivity contribution in [3.05, 3.63) is 60.7 Å². The lowest BCUT2D eigenvalue weighted by Gasteiger charge is -2.30. The molecule has 9 heteroatoms. The van der Waals surface area contributed by atoms with Gasteiger partial charge in [-0.05, 0) is 74.4 Å². The number of nitriles is 1. The van der Waals surface area contributed by atoms with Crippen molar-refractivity contribution in [3.63, 3.8) is 0 Å². The van der Waals surface area contributed by atoms with Gasteiger partial charge in [-0.1, -0.05) is 12.1 Å². The molecule has 9 nitrogen and oxygen atoms in total. The maximum Gasteiger partial charge on any atom is 0.319 e. The van der Waals surface area contributed by atoms with Crippen LogP contribution in [0, 0.1) is 11.3 Å². The van der Waals surface area contributed by atoms with E-state index >= 15 is 0 Å². The summed E-state index contributed by atoms with van der Waals surface area (Å²) in [6, 6.07) is 16.7. The average Bonchev–Trinajstić information content (AvgIpc) is 3.47. The van der Waals surface area contributed by atoms with Crippen LogP contribution in [0.3, 0.4) is 0 Å². The third-order valence-corrected chi connectivity index (χ3v) is 7.44. The van der Waals surface area contributed by atoms with Gasteiger partial charge in [0.05, 0.1) is 23.3 Å². The molecule has 2 aliphatic carbocycles. The number of anilines is 1. The Morgan fingerprint density at radius 1 is 1.11 bits per heavy atom. The molecule has 0 radical (unpaired) electrons. The average molecular weight is 496 g/mol. The van der Waals surface area contributed by atoms with Gasteiger partial charge in [-0.15, -0.1) is 0 Å². The summed E-state index contributed by atoms with van der Waals surface area (Å²) in [5.74, 6) is 0.721. The highest BCUT2D eigenvalue weighted by Gasteiger charge is 2.28. The predicted octanol–water partition coefficient (Wildman–Crippen LogP) is 5.25. The van der Waals surface area contributed by atoms with E-state index in [1.165, 1.54) is 19.2 Å².